The highest BCUT2D eigenvalue weighted by Gasteiger charge is 2.12. The Balaban J connectivity index is 3.87. The predicted molar refractivity (Wildman–Crippen MR) is 62.0 cm³/mol. The van der Waals surface area contributed by atoms with Crippen molar-refractivity contribution in [2.24, 2.45) is 0 Å². The number of amides is 1. The van der Waals surface area contributed by atoms with Crippen LogP contribution in [0.25, 0.3) is 0 Å². The van der Waals surface area contributed by atoms with E-state index in [4.69, 9.17) is 5.11 Å². The van der Waals surface area contributed by atoms with Crippen molar-refractivity contribution in [2.45, 2.75) is 13.3 Å². The first-order valence-corrected chi connectivity index (χ1v) is 5.95. The van der Waals surface area contributed by atoms with E-state index in [1.807, 2.05) is 6.92 Å². The Morgan fingerprint density at radius 2 is 2.20 bits per heavy atom. The first-order chi connectivity index (χ1) is 7.11. The van der Waals surface area contributed by atoms with Crippen molar-refractivity contribution in [3.8, 4) is 0 Å². The maximum atomic E-state index is 11.5. The van der Waals surface area contributed by atoms with Crippen LogP contribution in [0.4, 0.5) is 0 Å². The van der Waals surface area contributed by atoms with Gasteiger partial charge in [0, 0.05) is 18.8 Å². The van der Waals surface area contributed by atoms with E-state index >= 15 is 0 Å². The van der Waals surface area contributed by atoms with Crippen molar-refractivity contribution in [2.75, 3.05) is 24.6 Å². The third kappa shape index (κ3) is 7.02. The summed E-state index contributed by atoms with van der Waals surface area (Å²) in [6.07, 6.45) is 1.75. The number of carbonyl (C=O) groups is 2. The average Bonchev–Trinajstić information content (AvgIpc) is 2.18. The zero-order valence-corrected chi connectivity index (χ0v) is 9.76. The SMILES string of the molecule is C=CCSCC(=O)N(CC)CCC(=O)O. The Labute approximate surface area is 94.3 Å². The van der Waals surface area contributed by atoms with Crippen LogP contribution < -0.4 is 0 Å². The molecule has 0 bridgehead atoms. The van der Waals surface area contributed by atoms with Gasteiger partial charge in [-0.2, -0.15) is 0 Å². The number of nitrogens with zero attached hydrogens (tertiary/aromatic N) is 1. The molecule has 86 valence electrons. The average molecular weight is 231 g/mol. The summed E-state index contributed by atoms with van der Waals surface area (Å²) in [6.45, 7) is 6.25. The molecule has 0 aromatic rings. The molecule has 0 heterocycles. The first-order valence-electron chi connectivity index (χ1n) is 4.80. The Morgan fingerprint density at radius 3 is 2.67 bits per heavy atom. The molecular weight excluding hydrogens is 214 g/mol. The molecule has 0 aromatic carbocycles. The number of carboxylic acids is 1. The highest BCUT2D eigenvalue weighted by Crippen LogP contribution is 2.03. The van der Waals surface area contributed by atoms with Crippen LogP contribution >= 0.6 is 11.8 Å². The van der Waals surface area contributed by atoms with Crippen LogP contribution in [-0.2, 0) is 9.59 Å². The number of carbonyl (C=O) groups excluding carboxylic acids is 1. The van der Waals surface area contributed by atoms with Gasteiger partial charge in [-0.1, -0.05) is 6.08 Å². The molecule has 0 aliphatic heterocycles. The molecule has 0 saturated carbocycles. The summed E-state index contributed by atoms with van der Waals surface area (Å²) >= 11 is 1.48. The van der Waals surface area contributed by atoms with Gasteiger partial charge in [0.15, 0.2) is 0 Å². The van der Waals surface area contributed by atoms with Gasteiger partial charge in [-0.15, -0.1) is 18.3 Å². The summed E-state index contributed by atoms with van der Waals surface area (Å²) < 4.78 is 0. The van der Waals surface area contributed by atoms with Gasteiger partial charge in [0.1, 0.15) is 0 Å². The molecule has 1 N–H and O–H groups in total. The van der Waals surface area contributed by atoms with Crippen LogP contribution in [0.3, 0.4) is 0 Å². The number of carboxylic acid groups (broad SMARTS) is 1. The van der Waals surface area contributed by atoms with Gasteiger partial charge in [0.05, 0.1) is 12.2 Å². The maximum absolute atomic E-state index is 11.5. The lowest BCUT2D eigenvalue weighted by Crippen LogP contribution is -2.34. The lowest BCUT2D eigenvalue weighted by Gasteiger charge is -2.19. The predicted octanol–water partition coefficient (Wildman–Crippen LogP) is 1.23. The van der Waals surface area contributed by atoms with E-state index in [2.05, 4.69) is 6.58 Å². The van der Waals surface area contributed by atoms with Gasteiger partial charge < -0.3 is 10.0 Å². The first kappa shape index (κ1) is 14.0. The van der Waals surface area contributed by atoms with E-state index in [-0.39, 0.29) is 12.3 Å². The molecule has 0 aliphatic carbocycles. The summed E-state index contributed by atoms with van der Waals surface area (Å²) in [7, 11) is 0. The van der Waals surface area contributed by atoms with Crippen molar-refractivity contribution >= 4 is 23.6 Å². The third-order valence-electron chi connectivity index (χ3n) is 1.79. The second kappa shape index (κ2) is 8.35. The van der Waals surface area contributed by atoms with Crippen molar-refractivity contribution in [3.05, 3.63) is 12.7 Å². The standard InChI is InChI=1S/C10H17NO3S/c1-3-7-15-8-9(12)11(4-2)6-5-10(13)14/h3H,1,4-8H2,2H3,(H,13,14). The van der Waals surface area contributed by atoms with Crippen molar-refractivity contribution in [1.82, 2.24) is 4.90 Å². The molecule has 4 nitrogen and oxygen atoms in total. The second-order valence-electron chi connectivity index (χ2n) is 2.92. The van der Waals surface area contributed by atoms with Crippen LogP contribution in [0, 0.1) is 0 Å². The number of aliphatic carboxylic acids is 1. The normalized spacial score (nSPS) is 9.67. The zero-order chi connectivity index (χ0) is 11.7. The minimum atomic E-state index is -0.875. The lowest BCUT2D eigenvalue weighted by atomic mass is 10.4. The third-order valence-corrected chi connectivity index (χ3v) is 2.71. The van der Waals surface area contributed by atoms with Gasteiger partial charge in [-0.3, -0.25) is 9.59 Å². The van der Waals surface area contributed by atoms with E-state index in [1.165, 1.54) is 11.8 Å². The molecule has 0 fully saturated rings. The number of rotatable bonds is 8. The van der Waals surface area contributed by atoms with E-state index in [1.54, 1.807) is 11.0 Å². The second-order valence-corrected chi connectivity index (χ2v) is 3.95. The summed E-state index contributed by atoms with van der Waals surface area (Å²) in [5.74, 6) is 0.243. The quantitative estimate of drug-likeness (QED) is 0.504. The fourth-order valence-electron chi connectivity index (χ4n) is 1.01. The van der Waals surface area contributed by atoms with Crippen molar-refractivity contribution in [1.29, 1.82) is 0 Å². The summed E-state index contributed by atoms with van der Waals surface area (Å²) in [5.41, 5.74) is 0. The van der Waals surface area contributed by atoms with E-state index in [0.29, 0.717) is 18.8 Å². The van der Waals surface area contributed by atoms with E-state index < -0.39 is 5.97 Å². The van der Waals surface area contributed by atoms with Gasteiger partial charge >= 0.3 is 5.97 Å². The number of hydrogen-bond donors (Lipinski definition) is 1. The van der Waals surface area contributed by atoms with E-state index in [9.17, 15) is 9.59 Å². The molecule has 0 unspecified atom stereocenters. The Morgan fingerprint density at radius 1 is 1.53 bits per heavy atom. The minimum Gasteiger partial charge on any atom is -0.481 e. The highest BCUT2D eigenvalue weighted by molar-refractivity contribution is 8.00. The molecule has 5 heteroatoms. The Hall–Kier alpha value is -0.970. The zero-order valence-electron chi connectivity index (χ0n) is 8.94. The van der Waals surface area contributed by atoms with Crippen molar-refractivity contribution in [3.63, 3.8) is 0 Å². The van der Waals surface area contributed by atoms with Crippen LogP contribution in [0.1, 0.15) is 13.3 Å². The molecule has 0 saturated heterocycles. The van der Waals surface area contributed by atoms with Crippen molar-refractivity contribution < 1.29 is 14.7 Å². The van der Waals surface area contributed by atoms with Gasteiger partial charge in [0.2, 0.25) is 5.91 Å². The topological polar surface area (TPSA) is 57.6 Å². The van der Waals surface area contributed by atoms with Crippen LogP contribution in [0.2, 0.25) is 0 Å². The smallest absolute Gasteiger partial charge is 0.305 e. The highest BCUT2D eigenvalue weighted by atomic mass is 32.2. The number of thioether (sulfide) groups is 1. The summed E-state index contributed by atoms with van der Waals surface area (Å²) in [6, 6.07) is 0. The van der Waals surface area contributed by atoms with Crippen LogP contribution in [0.15, 0.2) is 12.7 Å². The monoisotopic (exact) mass is 231 g/mol. The molecule has 0 atom stereocenters. The Kier molecular flexibility index (Phi) is 7.81. The molecule has 0 aromatic heterocycles. The van der Waals surface area contributed by atoms with E-state index in [0.717, 1.165) is 5.75 Å². The molecule has 0 spiro atoms. The van der Waals surface area contributed by atoms with Gasteiger partial charge in [0.25, 0.3) is 0 Å². The van der Waals surface area contributed by atoms with Crippen LogP contribution in [0.5, 0.6) is 0 Å². The Bertz CT molecular complexity index is 231. The number of hydrogen-bond acceptors (Lipinski definition) is 3. The fraction of sp³-hybridized carbons (Fsp3) is 0.600. The fourth-order valence-corrected chi connectivity index (χ4v) is 1.65. The molecule has 0 aliphatic rings. The molecule has 1 amide bonds. The minimum absolute atomic E-state index is 0.00566. The lowest BCUT2D eigenvalue weighted by molar-refractivity contribution is -0.138. The summed E-state index contributed by atoms with van der Waals surface area (Å²) in [4.78, 5) is 23.4. The molecule has 0 radical (unpaired) electrons. The van der Waals surface area contributed by atoms with Gasteiger partial charge in [-0.25, -0.2) is 0 Å². The van der Waals surface area contributed by atoms with Gasteiger partial charge in [-0.05, 0) is 6.92 Å². The molecular formula is C10H17NO3S. The summed E-state index contributed by atoms with van der Waals surface area (Å²) in [5, 5.41) is 8.50. The largest absolute Gasteiger partial charge is 0.481 e. The van der Waals surface area contributed by atoms with Crippen LogP contribution in [-0.4, -0.2) is 46.5 Å². The molecule has 0 rings (SSSR count). The maximum Gasteiger partial charge on any atom is 0.305 e. The molecule has 15 heavy (non-hydrogen) atoms.